The number of benzene rings is 2. The first-order chi connectivity index (χ1) is 14.2. The minimum atomic E-state index is -0.434. The molecule has 0 radical (unpaired) electrons. The molecule has 29 heavy (non-hydrogen) atoms. The van der Waals surface area contributed by atoms with Crippen LogP contribution >= 0.6 is 0 Å². The van der Waals surface area contributed by atoms with Gasteiger partial charge >= 0.3 is 0 Å². The van der Waals surface area contributed by atoms with Crippen LogP contribution in [0.1, 0.15) is 5.56 Å². The van der Waals surface area contributed by atoms with E-state index in [1.54, 1.807) is 36.4 Å². The Labute approximate surface area is 166 Å². The first-order valence-corrected chi connectivity index (χ1v) is 8.97. The van der Waals surface area contributed by atoms with Crippen LogP contribution in [0.3, 0.4) is 0 Å². The van der Waals surface area contributed by atoms with Gasteiger partial charge in [0, 0.05) is 5.56 Å². The van der Waals surface area contributed by atoms with Gasteiger partial charge in [0.25, 0.3) is 11.8 Å². The van der Waals surface area contributed by atoms with Gasteiger partial charge in [0.15, 0.2) is 18.1 Å². The minimum Gasteiger partial charge on any atom is -0.493 e. The number of amides is 2. The summed E-state index contributed by atoms with van der Waals surface area (Å²) in [6, 6.07) is 10.5. The number of anilines is 1. The molecular formula is C20H19N3O6. The van der Waals surface area contributed by atoms with E-state index in [9.17, 15) is 9.59 Å². The van der Waals surface area contributed by atoms with Gasteiger partial charge in [0.1, 0.15) is 25.5 Å². The zero-order valence-corrected chi connectivity index (χ0v) is 15.7. The number of fused-ring (bicyclic) bond motifs is 2. The summed E-state index contributed by atoms with van der Waals surface area (Å²) >= 11 is 0. The van der Waals surface area contributed by atoms with Crippen molar-refractivity contribution >= 4 is 23.7 Å². The van der Waals surface area contributed by atoms with Crippen LogP contribution < -0.4 is 29.3 Å². The summed E-state index contributed by atoms with van der Waals surface area (Å²) in [7, 11) is 1.54. The van der Waals surface area contributed by atoms with E-state index in [-0.39, 0.29) is 19.1 Å². The third-order valence-electron chi connectivity index (χ3n) is 4.36. The lowest BCUT2D eigenvalue weighted by molar-refractivity contribution is -0.125. The Bertz CT molecular complexity index is 957. The van der Waals surface area contributed by atoms with Gasteiger partial charge in [0.2, 0.25) is 5.75 Å². The Kier molecular flexibility index (Phi) is 5.19. The van der Waals surface area contributed by atoms with Gasteiger partial charge in [-0.05, 0) is 24.3 Å². The van der Waals surface area contributed by atoms with E-state index >= 15 is 0 Å². The normalized spacial score (nSPS) is 14.9. The van der Waals surface area contributed by atoms with Gasteiger partial charge < -0.3 is 18.9 Å². The second-order valence-electron chi connectivity index (χ2n) is 6.28. The summed E-state index contributed by atoms with van der Waals surface area (Å²) in [5, 5.41) is 3.97. The summed E-state index contributed by atoms with van der Waals surface area (Å²) in [4.78, 5) is 25.8. The first-order valence-electron chi connectivity index (χ1n) is 8.97. The van der Waals surface area contributed by atoms with Crippen molar-refractivity contribution < 1.29 is 28.5 Å². The van der Waals surface area contributed by atoms with Crippen LogP contribution in [0.2, 0.25) is 0 Å². The van der Waals surface area contributed by atoms with E-state index in [0.717, 1.165) is 0 Å². The van der Waals surface area contributed by atoms with Crippen LogP contribution in [0.4, 0.5) is 5.69 Å². The number of carbonyl (C=O) groups is 2. The molecule has 0 saturated heterocycles. The van der Waals surface area contributed by atoms with Crippen LogP contribution in [-0.4, -0.2) is 51.5 Å². The Hall–Kier alpha value is -3.75. The van der Waals surface area contributed by atoms with E-state index in [0.29, 0.717) is 47.5 Å². The van der Waals surface area contributed by atoms with Crippen LogP contribution in [0.5, 0.6) is 23.0 Å². The molecule has 0 aliphatic carbocycles. The monoisotopic (exact) mass is 397 g/mol. The molecule has 0 bridgehead atoms. The Balaban J connectivity index is 1.43. The number of ether oxygens (including phenoxy) is 4. The van der Waals surface area contributed by atoms with Crippen molar-refractivity contribution in [2.75, 3.05) is 38.4 Å². The highest BCUT2D eigenvalue weighted by molar-refractivity contribution is 6.02. The molecule has 0 unspecified atom stereocenters. The molecule has 2 aliphatic rings. The molecule has 0 fully saturated rings. The van der Waals surface area contributed by atoms with Crippen molar-refractivity contribution in [3.05, 3.63) is 42.0 Å². The number of hydrogen-bond donors (Lipinski definition) is 1. The maximum atomic E-state index is 12.3. The van der Waals surface area contributed by atoms with Crippen molar-refractivity contribution in [3.8, 4) is 23.0 Å². The average molecular weight is 397 g/mol. The van der Waals surface area contributed by atoms with E-state index < -0.39 is 5.91 Å². The highest BCUT2D eigenvalue weighted by Crippen LogP contribution is 2.40. The van der Waals surface area contributed by atoms with Crippen molar-refractivity contribution in [1.82, 2.24) is 5.43 Å². The molecule has 1 N–H and O–H groups in total. The average Bonchev–Trinajstić information content (AvgIpc) is 2.75. The Morgan fingerprint density at radius 2 is 2.03 bits per heavy atom. The summed E-state index contributed by atoms with van der Waals surface area (Å²) in [6.45, 7) is 0.629. The maximum Gasteiger partial charge on any atom is 0.265 e. The molecule has 9 nitrogen and oxygen atoms in total. The number of carbonyl (C=O) groups excluding carboxylic acids is 2. The van der Waals surface area contributed by atoms with E-state index in [4.69, 9.17) is 18.9 Å². The van der Waals surface area contributed by atoms with E-state index in [2.05, 4.69) is 10.5 Å². The number of nitrogens with zero attached hydrogens (tertiary/aromatic N) is 2. The van der Waals surface area contributed by atoms with E-state index in [1.165, 1.54) is 18.2 Å². The second-order valence-corrected chi connectivity index (χ2v) is 6.28. The second kappa shape index (κ2) is 8.09. The number of para-hydroxylation sites is 2. The minimum absolute atomic E-state index is 0.107. The van der Waals surface area contributed by atoms with Gasteiger partial charge in [0.05, 0.1) is 19.0 Å². The standard InChI is InChI=1S/C20H19N3O6/c1-26-16-8-13(9-17-20(16)28-7-6-27-17)10-21-22-18(24)11-23-14-4-2-3-5-15(14)29-12-19(23)25/h2-5,8-10H,6-7,11-12H2,1H3,(H,22,24)/b21-10-. The van der Waals surface area contributed by atoms with Crippen LogP contribution in [0.25, 0.3) is 0 Å². The van der Waals surface area contributed by atoms with E-state index in [1.807, 2.05) is 0 Å². The zero-order chi connectivity index (χ0) is 20.2. The van der Waals surface area contributed by atoms with Crippen LogP contribution in [0.15, 0.2) is 41.5 Å². The molecule has 2 aromatic carbocycles. The highest BCUT2D eigenvalue weighted by atomic mass is 16.6. The van der Waals surface area contributed by atoms with Crippen molar-refractivity contribution in [1.29, 1.82) is 0 Å². The molecule has 9 heteroatoms. The third-order valence-corrected chi connectivity index (χ3v) is 4.36. The molecule has 4 rings (SSSR count). The molecular weight excluding hydrogens is 378 g/mol. The predicted molar refractivity (Wildman–Crippen MR) is 104 cm³/mol. The molecule has 2 amide bonds. The summed E-state index contributed by atoms with van der Waals surface area (Å²) in [5.41, 5.74) is 3.65. The van der Waals surface area contributed by atoms with Gasteiger partial charge in [-0.1, -0.05) is 12.1 Å². The largest absolute Gasteiger partial charge is 0.493 e. The highest BCUT2D eigenvalue weighted by Gasteiger charge is 2.26. The van der Waals surface area contributed by atoms with Gasteiger partial charge in [-0.2, -0.15) is 5.10 Å². The smallest absolute Gasteiger partial charge is 0.265 e. The number of rotatable bonds is 5. The molecule has 0 atom stereocenters. The number of methoxy groups -OCH3 is 1. The quantitative estimate of drug-likeness (QED) is 0.604. The predicted octanol–water partition coefficient (Wildman–Crippen LogP) is 1.34. The first kappa shape index (κ1) is 18.6. The lowest BCUT2D eigenvalue weighted by atomic mass is 10.2. The number of nitrogens with one attached hydrogen (secondary N) is 1. The van der Waals surface area contributed by atoms with Crippen LogP contribution in [-0.2, 0) is 9.59 Å². The summed E-state index contributed by atoms with van der Waals surface area (Å²) < 4.78 is 21.8. The zero-order valence-electron chi connectivity index (χ0n) is 15.7. The summed E-state index contributed by atoms with van der Waals surface area (Å²) in [6.07, 6.45) is 1.47. The topological polar surface area (TPSA) is 98.7 Å². The fraction of sp³-hybridized carbons (Fsp3) is 0.250. The SMILES string of the molecule is COc1cc(/C=N\NC(=O)CN2C(=O)COc3ccccc32)cc2c1OCCO2. The molecule has 0 aromatic heterocycles. The van der Waals surface area contributed by atoms with Gasteiger partial charge in [-0.15, -0.1) is 0 Å². The molecule has 0 spiro atoms. The molecule has 0 saturated carbocycles. The molecule has 2 aliphatic heterocycles. The van der Waals surface area contributed by atoms with Crippen molar-refractivity contribution in [2.45, 2.75) is 0 Å². The van der Waals surface area contributed by atoms with Crippen LogP contribution in [0, 0.1) is 0 Å². The number of hydrogen-bond acceptors (Lipinski definition) is 7. The fourth-order valence-corrected chi connectivity index (χ4v) is 3.05. The van der Waals surface area contributed by atoms with Gasteiger partial charge in [-0.3, -0.25) is 14.5 Å². The molecule has 150 valence electrons. The summed E-state index contributed by atoms with van der Waals surface area (Å²) in [5.74, 6) is 1.45. The lowest BCUT2D eigenvalue weighted by Gasteiger charge is -2.28. The van der Waals surface area contributed by atoms with Gasteiger partial charge in [-0.25, -0.2) is 5.43 Å². The van der Waals surface area contributed by atoms with Crippen molar-refractivity contribution in [2.24, 2.45) is 5.10 Å². The fourth-order valence-electron chi connectivity index (χ4n) is 3.05. The Morgan fingerprint density at radius 1 is 1.21 bits per heavy atom. The van der Waals surface area contributed by atoms with Crippen molar-refractivity contribution in [3.63, 3.8) is 0 Å². The lowest BCUT2D eigenvalue weighted by Crippen LogP contribution is -2.44. The Morgan fingerprint density at radius 3 is 2.90 bits per heavy atom. The maximum absolute atomic E-state index is 12.3. The molecule has 2 aromatic rings. The third kappa shape index (κ3) is 3.93. The molecule has 2 heterocycles. The number of hydrazone groups is 1.